The molecule has 144 valence electrons. The molecule has 0 aliphatic rings. The summed E-state index contributed by atoms with van der Waals surface area (Å²) < 4.78 is 27.4. The van der Waals surface area contributed by atoms with Crippen LogP contribution >= 0.6 is 0 Å². The number of aliphatic hydroxyl groups excluding tert-OH is 1. The van der Waals surface area contributed by atoms with Crippen LogP contribution in [0.15, 0.2) is 53.4 Å². The summed E-state index contributed by atoms with van der Waals surface area (Å²) >= 11 is 0. The van der Waals surface area contributed by atoms with Crippen molar-refractivity contribution in [2.24, 2.45) is 0 Å². The van der Waals surface area contributed by atoms with Gasteiger partial charge in [-0.2, -0.15) is 0 Å². The van der Waals surface area contributed by atoms with Crippen molar-refractivity contribution in [3.05, 3.63) is 54.1 Å². The Kier molecular flexibility index (Phi) is 6.70. The lowest BCUT2D eigenvalue weighted by molar-refractivity contribution is -0.153. The lowest BCUT2D eigenvalue weighted by atomic mass is 10.0. The summed E-state index contributed by atoms with van der Waals surface area (Å²) in [4.78, 5) is 22.9. The highest BCUT2D eigenvalue weighted by Gasteiger charge is 2.18. The number of esters is 1. The van der Waals surface area contributed by atoms with Crippen LogP contribution in [0.4, 0.5) is 0 Å². The van der Waals surface area contributed by atoms with E-state index in [4.69, 9.17) is 0 Å². The summed E-state index contributed by atoms with van der Waals surface area (Å²) in [6.07, 6.45) is 1.50. The van der Waals surface area contributed by atoms with Crippen molar-refractivity contribution in [3.63, 3.8) is 0 Å². The topological polar surface area (TPSA) is 110 Å². The molecule has 1 amide bonds. The maximum Gasteiger partial charge on any atom is 0.396 e. The SMILES string of the molecule is COC(=O)C(=O)N[C@H](CO)Cc1ccc(-c2ccc(S(C)(=O)=O)cc2)cc1. The number of hydrogen-bond donors (Lipinski definition) is 2. The Balaban J connectivity index is 2.08. The number of benzene rings is 2. The molecule has 0 aromatic heterocycles. The Bertz CT molecular complexity index is 904. The van der Waals surface area contributed by atoms with Crippen LogP contribution in [0.5, 0.6) is 0 Å². The van der Waals surface area contributed by atoms with Crippen LogP contribution < -0.4 is 5.32 Å². The van der Waals surface area contributed by atoms with Crippen LogP contribution in [0.3, 0.4) is 0 Å². The van der Waals surface area contributed by atoms with Gasteiger partial charge in [0.25, 0.3) is 0 Å². The molecule has 0 aliphatic heterocycles. The fourth-order valence-corrected chi connectivity index (χ4v) is 3.14. The van der Waals surface area contributed by atoms with Crippen LogP contribution in [-0.2, 0) is 30.6 Å². The molecule has 2 aromatic carbocycles. The molecular formula is C19H21NO6S. The van der Waals surface area contributed by atoms with E-state index in [0.29, 0.717) is 6.42 Å². The number of hydrogen-bond acceptors (Lipinski definition) is 6. The van der Waals surface area contributed by atoms with Gasteiger partial charge in [-0.05, 0) is 35.2 Å². The van der Waals surface area contributed by atoms with Gasteiger partial charge in [0.15, 0.2) is 9.84 Å². The average Bonchev–Trinajstić information content (AvgIpc) is 2.66. The van der Waals surface area contributed by atoms with Crippen molar-refractivity contribution in [1.82, 2.24) is 5.32 Å². The lowest BCUT2D eigenvalue weighted by Crippen LogP contribution is -2.43. The number of carbonyl (C=O) groups excluding carboxylic acids is 2. The Morgan fingerprint density at radius 1 is 1.04 bits per heavy atom. The molecule has 0 unspecified atom stereocenters. The second-order valence-electron chi connectivity index (χ2n) is 6.04. The van der Waals surface area contributed by atoms with Crippen molar-refractivity contribution in [1.29, 1.82) is 0 Å². The van der Waals surface area contributed by atoms with Crippen molar-refractivity contribution in [2.45, 2.75) is 17.4 Å². The third kappa shape index (κ3) is 5.63. The van der Waals surface area contributed by atoms with E-state index in [1.165, 1.54) is 0 Å². The zero-order chi connectivity index (χ0) is 20.0. The van der Waals surface area contributed by atoms with Crippen molar-refractivity contribution < 1.29 is 27.9 Å². The molecule has 0 saturated heterocycles. The fraction of sp³-hybridized carbons (Fsp3) is 0.263. The van der Waals surface area contributed by atoms with Gasteiger partial charge in [0.2, 0.25) is 0 Å². The normalized spacial score (nSPS) is 12.3. The molecule has 0 radical (unpaired) electrons. The van der Waals surface area contributed by atoms with Gasteiger partial charge in [-0.1, -0.05) is 36.4 Å². The summed E-state index contributed by atoms with van der Waals surface area (Å²) in [5.41, 5.74) is 2.63. The van der Waals surface area contributed by atoms with E-state index in [2.05, 4.69) is 10.1 Å². The second-order valence-corrected chi connectivity index (χ2v) is 8.06. The zero-order valence-corrected chi connectivity index (χ0v) is 15.8. The zero-order valence-electron chi connectivity index (χ0n) is 15.0. The molecule has 2 rings (SSSR count). The van der Waals surface area contributed by atoms with Gasteiger partial charge in [0, 0.05) is 6.26 Å². The Hall–Kier alpha value is -2.71. The Morgan fingerprint density at radius 2 is 1.56 bits per heavy atom. The number of rotatable bonds is 6. The van der Waals surface area contributed by atoms with Crippen molar-refractivity contribution in [3.8, 4) is 11.1 Å². The highest BCUT2D eigenvalue weighted by atomic mass is 32.2. The Labute approximate surface area is 157 Å². The smallest absolute Gasteiger partial charge is 0.396 e. The van der Waals surface area contributed by atoms with Gasteiger partial charge in [-0.3, -0.25) is 4.79 Å². The molecule has 0 saturated carbocycles. The third-order valence-electron chi connectivity index (χ3n) is 3.98. The highest BCUT2D eigenvalue weighted by Crippen LogP contribution is 2.22. The minimum atomic E-state index is -3.23. The van der Waals surface area contributed by atoms with Crippen LogP contribution in [0.1, 0.15) is 5.56 Å². The van der Waals surface area contributed by atoms with Gasteiger partial charge in [0.05, 0.1) is 24.7 Å². The van der Waals surface area contributed by atoms with Gasteiger partial charge in [-0.15, -0.1) is 0 Å². The quantitative estimate of drug-likeness (QED) is 0.560. The molecule has 0 aliphatic carbocycles. The summed E-state index contributed by atoms with van der Waals surface area (Å²) in [5.74, 6) is -1.92. The number of sulfone groups is 1. The van der Waals surface area contributed by atoms with E-state index in [1.54, 1.807) is 24.3 Å². The monoisotopic (exact) mass is 391 g/mol. The molecule has 0 spiro atoms. The van der Waals surface area contributed by atoms with Crippen LogP contribution in [-0.4, -0.2) is 51.4 Å². The number of carbonyl (C=O) groups is 2. The maximum absolute atomic E-state index is 11.5. The van der Waals surface area contributed by atoms with Crippen molar-refractivity contribution >= 4 is 21.7 Å². The first-order valence-electron chi connectivity index (χ1n) is 8.13. The van der Waals surface area contributed by atoms with Gasteiger partial charge < -0.3 is 15.2 Å². The first-order chi connectivity index (χ1) is 12.7. The fourth-order valence-electron chi connectivity index (χ4n) is 2.51. The van der Waals surface area contributed by atoms with E-state index >= 15 is 0 Å². The summed E-state index contributed by atoms with van der Waals surface area (Å²) in [6.45, 7) is -0.322. The number of nitrogens with one attached hydrogen (secondary N) is 1. The van der Waals surface area contributed by atoms with E-state index in [1.807, 2.05) is 24.3 Å². The summed E-state index contributed by atoms with van der Waals surface area (Å²) in [6, 6.07) is 13.4. The van der Waals surface area contributed by atoms with E-state index in [-0.39, 0.29) is 11.5 Å². The maximum atomic E-state index is 11.5. The highest BCUT2D eigenvalue weighted by molar-refractivity contribution is 7.90. The second kappa shape index (κ2) is 8.79. The first kappa shape index (κ1) is 20.6. The third-order valence-corrected chi connectivity index (χ3v) is 5.11. The molecule has 1 atom stereocenters. The van der Waals surface area contributed by atoms with Crippen LogP contribution in [0.25, 0.3) is 11.1 Å². The molecule has 27 heavy (non-hydrogen) atoms. The molecule has 8 heteroatoms. The van der Waals surface area contributed by atoms with E-state index in [0.717, 1.165) is 30.1 Å². The predicted octanol–water partition coefficient (Wildman–Crippen LogP) is 0.950. The van der Waals surface area contributed by atoms with Gasteiger partial charge in [-0.25, -0.2) is 13.2 Å². The molecule has 0 heterocycles. The number of amides is 1. The number of methoxy groups -OCH3 is 1. The number of ether oxygens (including phenoxy) is 1. The first-order valence-corrected chi connectivity index (χ1v) is 10.0. The van der Waals surface area contributed by atoms with Crippen LogP contribution in [0.2, 0.25) is 0 Å². The van der Waals surface area contributed by atoms with Gasteiger partial charge >= 0.3 is 11.9 Å². The minimum absolute atomic E-state index is 0.259. The standard InChI is InChI=1S/C19H21NO6S/c1-26-19(23)18(22)20-16(12-21)11-13-3-5-14(6-4-13)15-7-9-17(10-8-15)27(2,24)25/h3-10,16,21H,11-12H2,1-2H3,(H,20,22)/t16-/m0/s1. The van der Waals surface area contributed by atoms with E-state index in [9.17, 15) is 23.1 Å². The van der Waals surface area contributed by atoms with Crippen LogP contribution in [0, 0.1) is 0 Å². The molecule has 7 nitrogen and oxygen atoms in total. The Morgan fingerprint density at radius 3 is 2.00 bits per heavy atom. The molecular weight excluding hydrogens is 370 g/mol. The van der Waals surface area contributed by atoms with E-state index < -0.39 is 27.8 Å². The van der Waals surface area contributed by atoms with Crippen molar-refractivity contribution in [2.75, 3.05) is 20.0 Å². The lowest BCUT2D eigenvalue weighted by Gasteiger charge is -2.15. The average molecular weight is 391 g/mol. The molecule has 2 aromatic rings. The molecule has 2 N–H and O–H groups in total. The summed E-state index contributed by atoms with van der Waals surface area (Å²) in [7, 11) is -2.13. The minimum Gasteiger partial charge on any atom is -0.462 e. The number of aliphatic hydroxyl groups is 1. The molecule has 0 bridgehead atoms. The van der Waals surface area contributed by atoms with Gasteiger partial charge in [0.1, 0.15) is 0 Å². The predicted molar refractivity (Wildman–Crippen MR) is 99.7 cm³/mol. The molecule has 0 fully saturated rings. The summed E-state index contributed by atoms with van der Waals surface area (Å²) in [5, 5.41) is 11.8. The largest absolute Gasteiger partial charge is 0.462 e.